The van der Waals surface area contributed by atoms with Crippen LogP contribution < -0.4 is 20.7 Å². The highest BCUT2D eigenvalue weighted by molar-refractivity contribution is 8.00. The molecule has 4 heterocycles. The Morgan fingerprint density at radius 2 is 2.18 bits per heavy atom. The molecule has 0 spiro atoms. The molecule has 0 aromatic carbocycles. The van der Waals surface area contributed by atoms with Gasteiger partial charge in [0.1, 0.15) is 34.8 Å². The van der Waals surface area contributed by atoms with Gasteiger partial charge in [-0.05, 0) is 26.8 Å². The van der Waals surface area contributed by atoms with Crippen LogP contribution in [0.2, 0.25) is 0 Å². The average Bonchev–Trinajstić information content (AvgIpc) is 3.16. The van der Waals surface area contributed by atoms with Gasteiger partial charge in [-0.3, -0.25) is 9.69 Å². The summed E-state index contributed by atoms with van der Waals surface area (Å²) < 4.78 is 8.78. The molecule has 3 N–H and O–H groups in total. The number of carbonyl (C=O) groups is 3. The number of thioether (sulfide) groups is 2. The molecule has 2 aromatic rings. The van der Waals surface area contributed by atoms with Gasteiger partial charge in [0.25, 0.3) is 0 Å². The number of nitrogens with one attached hydrogen (secondary N) is 1. The molecule has 13 heteroatoms. The third-order valence-electron chi connectivity index (χ3n) is 5.16. The summed E-state index contributed by atoms with van der Waals surface area (Å²) in [5.74, 6) is -0.709. The number of hydrogen-bond donors (Lipinski definition) is 2. The van der Waals surface area contributed by atoms with Crippen molar-refractivity contribution in [1.82, 2.24) is 19.8 Å². The SMILES string of the molecule is CC(C)(C)OC(=O)NCCSc1ccc2n(cc[n+]2CC2=C(C(=O)[O-])N3C(=O)[C@@H](N)[C@H]3SC2)n1. The minimum atomic E-state index is -1.37. The van der Waals surface area contributed by atoms with Gasteiger partial charge in [0.2, 0.25) is 5.91 Å². The van der Waals surface area contributed by atoms with Crippen molar-refractivity contribution < 1.29 is 28.8 Å². The molecule has 2 atom stereocenters. The number of nitrogens with zero attached hydrogens (tertiary/aromatic N) is 4. The number of imidazole rings is 1. The molecule has 2 aliphatic heterocycles. The Morgan fingerprint density at radius 3 is 2.88 bits per heavy atom. The normalized spacial score (nSPS) is 20.2. The summed E-state index contributed by atoms with van der Waals surface area (Å²) in [5.41, 5.74) is 6.53. The van der Waals surface area contributed by atoms with Crippen molar-refractivity contribution in [1.29, 1.82) is 0 Å². The first-order valence-corrected chi connectivity index (χ1v) is 12.7. The molecule has 1 saturated heterocycles. The summed E-state index contributed by atoms with van der Waals surface area (Å²) in [6.07, 6.45) is 3.13. The van der Waals surface area contributed by atoms with Crippen LogP contribution in [0.3, 0.4) is 0 Å². The van der Waals surface area contributed by atoms with Crippen molar-refractivity contribution in [2.45, 2.75) is 49.4 Å². The topological polar surface area (TPSA) is 146 Å². The lowest BCUT2D eigenvalue weighted by Crippen LogP contribution is -2.69. The summed E-state index contributed by atoms with van der Waals surface area (Å²) in [6, 6.07) is 3.07. The molecule has 0 saturated carbocycles. The van der Waals surface area contributed by atoms with E-state index in [-0.39, 0.29) is 17.6 Å². The fraction of sp³-hybridized carbons (Fsp3) is 0.476. The van der Waals surface area contributed by atoms with Crippen molar-refractivity contribution in [3.8, 4) is 0 Å². The van der Waals surface area contributed by atoms with E-state index in [0.717, 1.165) is 10.7 Å². The Morgan fingerprint density at radius 1 is 1.41 bits per heavy atom. The van der Waals surface area contributed by atoms with Gasteiger partial charge in [0.15, 0.2) is 6.20 Å². The van der Waals surface area contributed by atoms with E-state index in [0.29, 0.717) is 23.6 Å². The number of rotatable bonds is 7. The van der Waals surface area contributed by atoms with Crippen LogP contribution in [-0.2, 0) is 20.9 Å². The number of carboxylic acids is 1. The van der Waals surface area contributed by atoms with Crippen LogP contribution in [0.5, 0.6) is 0 Å². The Balaban J connectivity index is 1.41. The smallest absolute Gasteiger partial charge is 0.407 e. The lowest BCUT2D eigenvalue weighted by molar-refractivity contribution is -0.662. The minimum Gasteiger partial charge on any atom is -0.543 e. The number of carbonyl (C=O) groups excluding carboxylic acids is 3. The maximum atomic E-state index is 12.1. The van der Waals surface area contributed by atoms with E-state index >= 15 is 0 Å². The van der Waals surface area contributed by atoms with E-state index in [1.807, 2.05) is 37.5 Å². The highest BCUT2D eigenvalue weighted by Gasteiger charge is 2.50. The first-order valence-electron chi connectivity index (χ1n) is 10.7. The van der Waals surface area contributed by atoms with Crippen LogP contribution in [0.1, 0.15) is 20.8 Å². The predicted molar refractivity (Wildman–Crippen MR) is 123 cm³/mol. The second-order valence-electron chi connectivity index (χ2n) is 8.85. The first kappa shape index (κ1) is 24.4. The monoisotopic (exact) mass is 506 g/mol. The van der Waals surface area contributed by atoms with Crippen molar-refractivity contribution >= 4 is 47.1 Å². The van der Waals surface area contributed by atoms with E-state index in [1.54, 1.807) is 16.9 Å². The zero-order chi connectivity index (χ0) is 24.6. The van der Waals surface area contributed by atoms with Gasteiger partial charge in [-0.2, -0.15) is 0 Å². The molecule has 34 heavy (non-hydrogen) atoms. The number of β-lactam (4-membered cyclic amide) rings is 1. The minimum absolute atomic E-state index is 0.0834. The number of nitrogens with two attached hydrogens (primary N) is 1. The average molecular weight is 507 g/mol. The fourth-order valence-corrected chi connectivity index (χ4v) is 5.70. The van der Waals surface area contributed by atoms with Crippen molar-refractivity contribution in [3.63, 3.8) is 0 Å². The van der Waals surface area contributed by atoms with Gasteiger partial charge in [-0.25, -0.2) is 9.36 Å². The van der Waals surface area contributed by atoms with E-state index in [9.17, 15) is 19.5 Å². The number of aliphatic carboxylic acids is 1. The molecule has 11 nitrogen and oxygen atoms in total. The largest absolute Gasteiger partial charge is 0.543 e. The van der Waals surface area contributed by atoms with Crippen molar-refractivity contribution in [2.24, 2.45) is 5.73 Å². The molecule has 182 valence electrons. The molecule has 2 aliphatic rings. The first-order chi connectivity index (χ1) is 16.0. The molecule has 4 rings (SSSR count). The Bertz CT molecular complexity index is 1170. The van der Waals surface area contributed by atoms with Crippen LogP contribution in [-0.4, -0.2) is 67.6 Å². The van der Waals surface area contributed by atoms with E-state index in [2.05, 4.69) is 10.4 Å². The summed E-state index contributed by atoms with van der Waals surface area (Å²) in [4.78, 5) is 36.9. The molecule has 0 radical (unpaired) electrons. The van der Waals surface area contributed by atoms with Crippen LogP contribution in [0.4, 0.5) is 4.79 Å². The van der Waals surface area contributed by atoms with Gasteiger partial charge in [0, 0.05) is 29.7 Å². The second kappa shape index (κ2) is 9.47. The zero-order valence-corrected chi connectivity index (χ0v) is 20.6. The highest BCUT2D eigenvalue weighted by Crippen LogP contribution is 2.39. The van der Waals surface area contributed by atoms with Crippen molar-refractivity contribution in [3.05, 3.63) is 35.8 Å². The van der Waals surface area contributed by atoms with Crippen LogP contribution >= 0.6 is 23.5 Å². The molecule has 0 unspecified atom stereocenters. The van der Waals surface area contributed by atoms with Gasteiger partial charge in [-0.1, -0.05) is 5.10 Å². The van der Waals surface area contributed by atoms with Gasteiger partial charge in [0.05, 0.1) is 11.7 Å². The second-order valence-corrected chi connectivity index (χ2v) is 11.1. The van der Waals surface area contributed by atoms with Crippen molar-refractivity contribution in [2.75, 3.05) is 18.1 Å². The molecule has 0 bridgehead atoms. The van der Waals surface area contributed by atoms with Crippen LogP contribution in [0, 0.1) is 0 Å². The molecular formula is C21H26N6O5S2. The molecule has 2 amide bonds. The van der Waals surface area contributed by atoms with Gasteiger partial charge in [-0.15, -0.1) is 28.0 Å². The third-order valence-corrected chi connectivity index (χ3v) is 7.44. The predicted octanol–water partition coefficient (Wildman–Crippen LogP) is -0.515. The molecular weight excluding hydrogens is 480 g/mol. The van der Waals surface area contributed by atoms with E-state index in [1.165, 1.54) is 28.4 Å². The van der Waals surface area contributed by atoms with E-state index in [4.69, 9.17) is 10.5 Å². The maximum Gasteiger partial charge on any atom is 0.407 e. The summed E-state index contributed by atoms with van der Waals surface area (Å²) in [6.45, 7) is 6.14. The van der Waals surface area contributed by atoms with Crippen LogP contribution in [0.25, 0.3) is 5.65 Å². The number of amides is 2. The number of aromatic nitrogens is 3. The fourth-order valence-electron chi connectivity index (χ4n) is 3.70. The molecule has 1 fully saturated rings. The molecule has 0 aliphatic carbocycles. The number of ether oxygens (including phenoxy) is 1. The Labute approximate surface area is 204 Å². The van der Waals surface area contributed by atoms with Crippen LogP contribution in [0.15, 0.2) is 40.8 Å². The summed E-state index contributed by atoms with van der Waals surface area (Å²) >= 11 is 2.94. The quantitative estimate of drug-likeness (QED) is 0.219. The van der Waals surface area contributed by atoms with E-state index < -0.39 is 29.6 Å². The standard InChI is InChI=1S/C21H26N6O5S2/c1-21(2,3)32-20(31)23-6-9-33-13-4-5-14-25(7-8-26(14)24-13)10-12-11-34-18-15(22)17(28)27(18)16(12)19(29)30/h4-5,7-8,15,18H,6,9-11,22H2,1-3H3,(H-,23,29,30,31)/t15-,18-/m1/s1. The number of fused-ring (bicyclic) bond motifs is 2. The summed E-state index contributed by atoms with van der Waals surface area (Å²) in [5, 5.41) is 19.5. The Hall–Kier alpha value is -2.77. The Kier molecular flexibility index (Phi) is 6.78. The zero-order valence-electron chi connectivity index (χ0n) is 19.0. The number of hydrogen-bond acceptors (Lipinski definition) is 9. The number of carboxylic acid groups (broad SMARTS) is 1. The molecule has 2 aromatic heterocycles. The lowest BCUT2D eigenvalue weighted by Gasteiger charge is -2.49. The number of alkyl carbamates (subject to hydrolysis) is 1. The van der Waals surface area contributed by atoms with Gasteiger partial charge >= 0.3 is 11.7 Å². The highest BCUT2D eigenvalue weighted by atomic mass is 32.2. The third kappa shape index (κ3) is 5.00. The maximum absolute atomic E-state index is 12.1. The summed E-state index contributed by atoms with van der Waals surface area (Å²) in [7, 11) is 0. The van der Waals surface area contributed by atoms with Gasteiger partial charge < -0.3 is 25.7 Å². The lowest BCUT2D eigenvalue weighted by atomic mass is 10.0.